The van der Waals surface area contributed by atoms with Crippen molar-refractivity contribution in [2.45, 2.75) is 52.2 Å². The number of hydrogen-bond donors (Lipinski definition) is 0. The standard InChI is InChI=1S/C14H21N3O/c1-6-13(18)16-9-11-7-12(14(3,4)5)15-17(11)8-10(16)2/h6-7,10H,1,8-9H2,2-5H3. The molecular weight excluding hydrogens is 226 g/mol. The first-order valence-corrected chi connectivity index (χ1v) is 6.33. The molecule has 4 heteroatoms. The molecular formula is C14H21N3O. The maximum absolute atomic E-state index is 11.8. The summed E-state index contributed by atoms with van der Waals surface area (Å²) in [4.78, 5) is 13.6. The van der Waals surface area contributed by atoms with Gasteiger partial charge in [-0.05, 0) is 19.1 Å². The first-order chi connectivity index (χ1) is 8.32. The summed E-state index contributed by atoms with van der Waals surface area (Å²) in [6.07, 6.45) is 1.38. The zero-order valence-corrected chi connectivity index (χ0v) is 11.6. The van der Waals surface area contributed by atoms with E-state index < -0.39 is 0 Å². The smallest absolute Gasteiger partial charge is 0.246 e. The summed E-state index contributed by atoms with van der Waals surface area (Å²) in [5.41, 5.74) is 2.23. The first-order valence-electron chi connectivity index (χ1n) is 6.33. The molecule has 98 valence electrons. The van der Waals surface area contributed by atoms with Crippen molar-refractivity contribution in [3.63, 3.8) is 0 Å². The van der Waals surface area contributed by atoms with E-state index >= 15 is 0 Å². The summed E-state index contributed by atoms with van der Waals surface area (Å²) in [6.45, 7) is 13.4. The third kappa shape index (κ3) is 2.19. The minimum atomic E-state index is -0.00717. The number of hydrogen-bond acceptors (Lipinski definition) is 2. The van der Waals surface area contributed by atoms with Crippen LogP contribution in [0, 0.1) is 0 Å². The SMILES string of the molecule is C=CC(=O)N1Cc2cc(C(C)(C)C)nn2CC1C. The number of carbonyl (C=O) groups excluding carboxylic acids is 1. The van der Waals surface area contributed by atoms with Gasteiger partial charge in [-0.15, -0.1) is 0 Å². The van der Waals surface area contributed by atoms with Crippen molar-refractivity contribution in [1.29, 1.82) is 0 Å². The maximum atomic E-state index is 11.8. The Kier molecular flexibility index (Phi) is 3.05. The zero-order valence-electron chi connectivity index (χ0n) is 11.6. The van der Waals surface area contributed by atoms with E-state index in [0.717, 1.165) is 17.9 Å². The van der Waals surface area contributed by atoms with Crippen LogP contribution in [0.3, 0.4) is 0 Å². The summed E-state index contributed by atoms with van der Waals surface area (Å²) in [7, 11) is 0. The summed E-state index contributed by atoms with van der Waals surface area (Å²) in [6, 6.07) is 2.27. The highest BCUT2D eigenvalue weighted by Gasteiger charge is 2.28. The van der Waals surface area contributed by atoms with Crippen molar-refractivity contribution in [2.24, 2.45) is 0 Å². The Balaban J connectivity index is 2.31. The molecule has 0 bridgehead atoms. The van der Waals surface area contributed by atoms with Crippen LogP contribution in [0.5, 0.6) is 0 Å². The van der Waals surface area contributed by atoms with Gasteiger partial charge in [-0.2, -0.15) is 5.10 Å². The third-order valence-electron chi connectivity index (χ3n) is 3.39. The quantitative estimate of drug-likeness (QED) is 0.713. The summed E-state index contributed by atoms with van der Waals surface area (Å²) >= 11 is 0. The molecule has 0 saturated heterocycles. The third-order valence-corrected chi connectivity index (χ3v) is 3.39. The van der Waals surface area contributed by atoms with Crippen LogP contribution in [-0.2, 0) is 23.3 Å². The lowest BCUT2D eigenvalue weighted by molar-refractivity contribution is -0.129. The predicted molar refractivity (Wildman–Crippen MR) is 71.1 cm³/mol. The van der Waals surface area contributed by atoms with Crippen molar-refractivity contribution < 1.29 is 4.79 Å². The highest BCUT2D eigenvalue weighted by Crippen LogP contribution is 2.25. The van der Waals surface area contributed by atoms with Crippen LogP contribution in [0.4, 0.5) is 0 Å². The molecule has 0 radical (unpaired) electrons. The van der Waals surface area contributed by atoms with Gasteiger partial charge in [0, 0.05) is 11.5 Å². The Morgan fingerprint density at radius 1 is 1.56 bits per heavy atom. The summed E-state index contributed by atoms with van der Waals surface area (Å²) in [5, 5.41) is 4.64. The van der Waals surface area contributed by atoms with Crippen LogP contribution >= 0.6 is 0 Å². The second-order valence-corrected chi connectivity index (χ2v) is 5.97. The van der Waals surface area contributed by atoms with E-state index in [1.807, 2.05) is 16.5 Å². The Labute approximate surface area is 108 Å². The highest BCUT2D eigenvalue weighted by molar-refractivity contribution is 5.87. The molecule has 0 fully saturated rings. The van der Waals surface area contributed by atoms with Crippen LogP contribution in [-0.4, -0.2) is 26.6 Å². The van der Waals surface area contributed by atoms with E-state index in [-0.39, 0.29) is 17.4 Å². The molecule has 1 unspecified atom stereocenters. The van der Waals surface area contributed by atoms with Gasteiger partial charge in [-0.1, -0.05) is 27.4 Å². The fraction of sp³-hybridized carbons (Fsp3) is 0.571. The second kappa shape index (κ2) is 4.26. The second-order valence-electron chi connectivity index (χ2n) is 5.97. The molecule has 1 aromatic heterocycles. The fourth-order valence-electron chi connectivity index (χ4n) is 2.20. The average Bonchev–Trinajstić information content (AvgIpc) is 2.69. The van der Waals surface area contributed by atoms with Crippen molar-refractivity contribution in [3.8, 4) is 0 Å². The monoisotopic (exact) mass is 247 g/mol. The molecule has 0 aromatic carbocycles. The molecule has 1 aliphatic heterocycles. The molecule has 0 saturated carbocycles. The molecule has 1 aliphatic rings. The van der Waals surface area contributed by atoms with E-state index in [1.54, 1.807) is 0 Å². The molecule has 0 aliphatic carbocycles. The van der Waals surface area contributed by atoms with Gasteiger partial charge < -0.3 is 4.90 Å². The summed E-state index contributed by atoms with van der Waals surface area (Å²) < 4.78 is 2.03. The average molecular weight is 247 g/mol. The van der Waals surface area contributed by atoms with Gasteiger partial charge in [0.25, 0.3) is 0 Å². The van der Waals surface area contributed by atoms with Gasteiger partial charge >= 0.3 is 0 Å². The molecule has 1 atom stereocenters. The Morgan fingerprint density at radius 2 is 2.22 bits per heavy atom. The van der Waals surface area contributed by atoms with Crippen LogP contribution in [0.15, 0.2) is 18.7 Å². The number of fused-ring (bicyclic) bond motifs is 1. The lowest BCUT2D eigenvalue weighted by atomic mass is 9.92. The minimum absolute atomic E-state index is 0.00717. The number of carbonyl (C=O) groups is 1. The van der Waals surface area contributed by atoms with E-state index in [2.05, 4.69) is 38.5 Å². The zero-order chi connectivity index (χ0) is 13.5. The Hall–Kier alpha value is -1.58. The van der Waals surface area contributed by atoms with Crippen molar-refractivity contribution >= 4 is 5.91 Å². The van der Waals surface area contributed by atoms with Crippen molar-refractivity contribution in [1.82, 2.24) is 14.7 Å². The largest absolute Gasteiger partial charge is 0.329 e. The molecule has 2 rings (SSSR count). The molecule has 18 heavy (non-hydrogen) atoms. The van der Waals surface area contributed by atoms with Crippen LogP contribution in [0.1, 0.15) is 39.1 Å². The van der Waals surface area contributed by atoms with Crippen LogP contribution in [0.25, 0.3) is 0 Å². The first kappa shape index (κ1) is 12.9. The molecule has 1 aromatic rings. The molecule has 0 N–H and O–H groups in total. The van der Waals surface area contributed by atoms with Gasteiger partial charge in [-0.25, -0.2) is 0 Å². The number of amides is 1. The Morgan fingerprint density at radius 3 is 2.78 bits per heavy atom. The fourth-order valence-corrected chi connectivity index (χ4v) is 2.20. The van der Waals surface area contributed by atoms with E-state index in [9.17, 15) is 4.79 Å². The number of nitrogens with zero attached hydrogens (tertiary/aromatic N) is 3. The van der Waals surface area contributed by atoms with Gasteiger partial charge in [0.05, 0.1) is 24.5 Å². The van der Waals surface area contributed by atoms with Crippen LogP contribution < -0.4 is 0 Å². The van der Waals surface area contributed by atoms with Crippen LogP contribution in [0.2, 0.25) is 0 Å². The molecule has 2 heterocycles. The van der Waals surface area contributed by atoms with Gasteiger partial charge in [0.2, 0.25) is 5.91 Å². The van der Waals surface area contributed by atoms with Crippen molar-refractivity contribution in [3.05, 3.63) is 30.1 Å². The Bertz CT molecular complexity index is 482. The van der Waals surface area contributed by atoms with E-state index in [0.29, 0.717) is 6.54 Å². The summed E-state index contributed by atoms with van der Waals surface area (Å²) in [5.74, 6) is -0.00717. The maximum Gasteiger partial charge on any atom is 0.246 e. The number of aromatic nitrogens is 2. The predicted octanol–water partition coefficient (Wildman–Crippen LogP) is 2.10. The van der Waals surface area contributed by atoms with Gasteiger partial charge in [-0.3, -0.25) is 9.48 Å². The van der Waals surface area contributed by atoms with Crippen molar-refractivity contribution in [2.75, 3.05) is 0 Å². The molecule has 1 amide bonds. The van der Waals surface area contributed by atoms with E-state index in [4.69, 9.17) is 0 Å². The van der Waals surface area contributed by atoms with E-state index in [1.165, 1.54) is 6.08 Å². The topological polar surface area (TPSA) is 38.1 Å². The normalized spacial score (nSPS) is 19.6. The lowest BCUT2D eigenvalue weighted by Gasteiger charge is -2.33. The lowest BCUT2D eigenvalue weighted by Crippen LogP contribution is -2.44. The minimum Gasteiger partial charge on any atom is -0.329 e. The van der Waals surface area contributed by atoms with Gasteiger partial charge in [0.1, 0.15) is 0 Å². The molecule has 0 spiro atoms. The highest BCUT2D eigenvalue weighted by atomic mass is 16.2. The number of rotatable bonds is 1. The molecule has 4 nitrogen and oxygen atoms in total. The van der Waals surface area contributed by atoms with Gasteiger partial charge in [0.15, 0.2) is 0 Å².